The molecule has 4 rings (SSSR count). The van der Waals surface area contributed by atoms with Gasteiger partial charge in [0, 0.05) is 26.5 Å². The molecule has 0 saturated carbocycles. The molecule has 0 aliphatic heterocycles. The number of halogens is 2. The van der Waals surface area contributed by atoms with E-state index >= 15 is 0 Å². The summed E-state index contributed by atoms with van der Waals surface area (Å²) in [5.41, 5.74) is 1.15. The molecule has 2 aromatic heterocycles. The van der Waals surface area contributed by atoms with E-state index in [0.29, 0.717) is 26.3 Å². The SMILES string of the molecule is O=C(Nc1ccc(NC(=O)c2sc3cc(Cl)ccc3c2Cl)cc1)c1ccco1. The van der Waals surface area contributed by atoms with E-state index < -0.39 is 0 Å². The lowest BCUT2D eigenvalue weighted by atomic mass is 10.2. The molecule has 0 radical (unpaired) electrons. The van der Waals surface area contributed by atoms with Crippen molar-refractivity contribution in [3.05, 3.63) is 81.5 Å². The van der Waals surface area contributed by atoms with Gasteiger partial charge >= 0.3 is 0 Å². The number of thiophene rings is 1. The number of rotatable bonds is 4. The van der Waals surface area contributed by atoms with Gasteiger partial charge in [0.25, 0.3) is 11.8 Å². The molecule has 0 aliphatic carbocycles. The van der Waals surface area contributed by atoms with E-state index in [1.54, 1.807) is 54.6 Å². The van der Waals surface area contributed by atoms with Crippen molar-refractivity contribution in [1.29, 1.82) is 0 Å². The fraction of sp³-hybridized carbons (Fsp3) is 0. The number of nitrogens with one attached hydrogen (secondary N) is 2. The van der Waals surface area contributed by atoms with Crippen LogP contribution in [0.5, 0.6) is 0 Å². The fourth-order valence-electron chi connectivity index (χ4n) is 2.61. The molecule has 0 bridgehead atoms. The van der Waals surface area contributed by atoms with Gasteiger partial charge in [-0.05, 0) is 48.5 Å². The number of hydrogen-bond acceptors (Lipinski definition) is 4. The number of anilines is 2. The van der Waals surface area contributed by atoms with Crippen molar-refractivity contribution in [3.63, 3.8) is 0 Å². The average Bonchev–Trinajstić information content (AvgIpc) is 3.32. The highest BCUT2D eigenvalue weighted by molar-refractivity contribution is 7.21. The zero-order valence-electron chi connectivity index (χ0n) is 14.2. The highest BCUT2D eigenvalue weighted by atomic mass is 35.5. The van der Waals surface area contributed by atoms with Crippen LogP contribution in [0, 0.1) is 0 Å². The van der Waals surface area contributed by atoms with E-state index in [0.717, 1.165) is 10.1 Å². The van der Waals surface area contributed by atoms with Gasteiger partial charge in [0.05, 0.1) is 11.3 Å². The first-order valence-electron chi connectivity index (χ1n) is 8.15. The summed E-state index contributed by atoms with van der Waals surface area (Å²) in [7, 11) is 0. The van der Waals surface area contributed by atoms with Crippen LogP contribution in [0.1, 0.15) is 20.2 Å². The van der Waals surface area contributed by atoms with Crippen molar-refractivity contribution in [3.8, 4) is 0 Å². The molecule has 140 valence electrons. The van der Waals surface area contributed by atoms with Crippen molar-refractivity contribution in [2.75, 3.05) is 10.6 Å². The predicted octanol–water partition coefficient (Wildman–Crippen LogP) is 6.31. The minimum atomic E-state index is -0.350. The van der Waals surface area contributed by atoms with Gasteiger partial charge in [-0.25, -0.2) is 0 Å². The van der Waals surface area contributed by atoms with Crippen molar-refractivity contribution >= 4 is 67.8 Å². The molecular weight excluding hydrogens is 419 g/mol. The van der Waals surface area contributed by atoms with E-state index in [2.05, 4.69) is 10.6 Å². The molecule has 8 heteroatoms. The topological polar surface area (TPSA) is 71.3 Å². The maximum Gasteiger partial charge on any atom is 0.291 e. The third-order valence-corrected chi connectivity index (χ3v) is 5.83. The fourth-order valence-corrected chi connectivity index (χ4v) is 4.30. The Bertz CT molecular complexity index is 1170. The van der Waals surface area contributed by atoms with Crippen LogP contribution in [0.25, 0.3) is 10.1 Å². The Kier molecular flexibility index (Phi) is 5.09. The maximum atomic E-state index is 12.6. The van der Waals surface area contributed by atoms with Crippen molar-refractivity contribution in [2.45, 2.75) is 0 Å². The molecular formula is C20H12Cl2N2O3S. The summed E-state index contributed by atoms with van der Waals surface area (Å²) in [6.45, 7) is 0. The van der Waals surface area contributed by atoms with Crippen LogP contribution in [-0.2, 0) is 0 Å². The molecule has 0 spiro atoms. The second-order valence-corrected chi connectivity index (χ2v) is 7.72. The normalized spacial score (nSPS) is 10.8. The number of fused-ring (bicyclic) bond motifs is 1. The lowest BCUT2D eigenvalue weighted by molar-refractivity contribution is 0.0994. The molecule has 28 heavy (non-hydrogen) atoms. The van der Waals surface area contributed by atoms with Crippen LogP contribution in [-0.4, -0.2) is 11.8 Å². The van der Waals surface area contributed by atoms with Gasteiger partial charge in [-0.1, -0.05) is 29.3 Å². The number of carbonyl (C=O) groups excluding carboxylic acids is 2. The summed E-state index contributed by atoms with van der Waals surface area (Å²) in [6.07, 6.45) is 1.43. The monoisotopic (exact) mass is 430 g/mol. The summed E-state index contributed by atoms with van der Waals surface area (Å²) >= 11 is 13.6. The molecule has 0 unspecified atom stereocenters. The van der Waals surface area contributed by atoms with E-state index in [1.807, 2.05) is 0 Å². The molecule has 0 atom stereocenters. The lowest BCUT2D eigenvalue weighted by Gasteiger charge is -2.07. The van der Waals surface area contributed by atoms with Gasteiger partial charge in [-0.15, -0.1) is 11.3 Å². The van der Waals surface area contributed by atoms with E-state index in [1.165, 1.54) is 17.6 Å². The Morgan fingerprint density at radius 2 is 1.57 bits per heavy atom. The van der Waals surface area contributed by atoms with Gasteiger partial charge in [0.15, 0.2) is 5.76 Å². The van der Waals surface area contributed by atoms with Crippen molar-refractivity contribution < 1.29 is 14.0 Å². The van der Waals surface area contributed by atoms with E-state index in [9.17, 15) is 9.59 Å². The Labute approximate surface area is 173 Å². The van der Waals surface area contributed by atoms with Crippen molar-refractivity contribution in [2.24, 2.45) is 0 Å². The van der Waals surface area contributed by atoms with E-state index in [-0.39, 0.29) is 17.6 Å². The van der Waals surface area contributed by atoms with Crippen LogP contribution in [0.2, 0.25) is 10.0 Å². The summed E-state index contributed by atoms with van der Waals surface area (Å²) < 4.78 is 5.89. The third-order valence-electron chi connectivity index (χ3n) is 3.94. The second kappa shape index (κ2) is 7.67. The summed E-state index contributed by atoms with van der Waals surface area (Å²) in [5, 5.41) is 7.29. The Balaban J connectivity index is 1.48. The molecule has 0 aliphatic rings. The Morgan fingerprint density at radius 1 is 0.893 bits per heavy atom. The number of hydrogen-bond donors (Lipinski definition) is 2. The molecule has 2 heterocycles. The van der Waals surface area contributed by atoms with Crippen LogP contribution in [0.3, 0.4) is 0 Å². The van der Waals surface area contributed by atoms with E-state index in [4.69, 9.17) is 27.6 Å². The van der Waals surface area contributed by atoms with Crippen molar-refractivity contribution in [1.82, 2.24) is 0 Å². The molecule has 5 nitrogen and oxygen atoms in total. The molecule has 2 aromatic carbocycles. The quantitative estimate of drug-likeness (QED) is 0.398. The standard InChI is InChI=1S/C20H12Cl2N2O3S/c21-11-3-8-14-16(10-11)28-18(17(14)22)20(26)24-13-6-4-12(5-7-13)23-19(25)15-2-1-9-27-15/h1-10H,(H,23,25)(H,24,26). The Hall–Kier alpha value is -2.80. The first-order chi connectivity index (χ1) is 13.5. The zero-order valence-corrected chi connectivity index (χ0v) is 16.5. The van der Waals surface area contributed by atoms with Crippen LogP contribution >= 0.6 is 34.5 Å². The Morgan fingerprint density at radius 3 is 2.21 bits per heavy atom. The van der Waals surface area contributed by atoms with Gasteiger partial charge in [-0.2, -0.15) is 0 Å². The highest BCUT2D eigenvalue weighted by Gasteiger charge is 2.17. The van der Waals surface area contributed by atoms with Gasteiger partial charge in [0.2, 0.25) is 0 Å². The molecule has 0 saturated heterocycles. The molecule has 4 aromatic rings. The third kappa shape index (κ3) is 3.75. The zero-order chi connectivity index (χ0) is 19.7. The van der Waals surface area contributed by atoms with Gasteiger partial charge in [0.1, 0.15) is 4.88 Å². The largest absolute Gasteiger partial charge is 0.459 e. The lowest BCUT2D eigenvalue weighted by Crippen LogP contribution is -2.12. The number of benzene rings is 2. The number of furan rings is 1. The highest BCUT2D eigenvalue weighted by Crippen LogP contribution is 2.37. The van der Waals surface area contributed by atoms with Crippen LogP contribution < -0.4 is 10.6 Å². The van der Waals surface area contributed by atoms with Crippen LogP contribution in [0.4, 0.5) is 11.4 Å². The minimum Gasteiger partial charge on any atom is -0.459 e. The summed E-state index contributed by atoms with van der Waals surface area (Å²) in [4.78, 5) is 25.0. The molecule has 2 N–H and O–H groups in total. The summed E-state index contributed by atoms with van der Waals surface area (Å²) in [5.74, 6) is -0.441. The maximum absolute atomic E-state index is 12.6. The second-order valence-electron chi connectivity index (χ2n) is 5.85. The smallest absolute Gasteiger partial charge is 0.291 e. The predicted molar refractivity (Wildman–Crippen MR) is 113 cm³/mol. The number of carbonyl (C=O) groups is 2. The summed E-state index contributed by atoms with van der Waals surface area (Å²) in [6, 6.07) is 15.3. The van der Waals surface area contributed by atoms with Gasteiger partial charge < -0.3 is 15.1 Å². The minimum absolute atomic E-state index is 0.219. The molecule has 2 amide bonds. The number of amides is 2. The first kappa shape index (κ1) is 18.6. The average molecular weight is 431 g/mol. The van der Waals surface area contributed by atoms with Gasteiger partial charge in [-0.3, -0.25) is 9.59 Å². The van der Waals surface area contributed by atoms with Crippen LogP contribution in [0.15, 0.2) is 65.3 Å². The molecule has 0 fully saturated rings. The first-order valence-corrected chi connectivity index (χ1v) is 9.72.